The Morgan fingerprint density at radius 3 is 1.97 bits per heavy atom. The molecule has 4 fully saturated rings. The van der Waals surface area contributed by atoms with Crippen molar-refractivity contribution in [3.63, 3.8) is 0 Å². The Kier molecular flexibility index (Phi) is 14.0. The van der Waals surface area contributed by atoms with Gasteiger partial charge >= 0.3 is 28.4 Å². The summed E-state index contributed by atoms with van der Waals surface area (Å²) in [4.78, 5) is 0. The molecule has 3 heteroatoms. The fourth-order valence-corrected chi connectivity index (χ4v) is 6.02. The molecule has 0 N–H and O–H groups in total. The Hall–Kier alpha value is -0.747. The van der Waals surface area contributed by atoms with E-state index >= 15 is 0 Å². The molecule has 0 aromatic heterocycles. The van der Waals surface area contributed by atoms with Crippen LogP contribution >= 0.6 is 24.8 Å². The smallest absolute Gasteiger partial charge is 0.0253 e. The molecular weight excluding hydrogens is 522 g/mol. The van der Waals surface area contributed by atoms with E-state index < -0.39 is 0 Å². The number of fused-ring (bicyclic) bond motifs is 3. The van der Waals surface area contributed by atoms with Gasteiger partial charge in [0.25, 0.3) is 0 Å². The van der Waals surface area contributed by atoms with Crippen LogP contribution in [0.3, 0.4) is 0 Å². The van der Waals surface area contributed by atoms with Crippen molar-refractivity contribution in [2.45, 2.75) is 51.4 Å². The van der Waals surface area contributed by atoms with Crippen LogP contribution < -0.4 is 0 Å². The molecule has 4 saturated carbocycles. The van der Waals surface area contributed by atoms with E-state index in [0.717, 1.165) is 30.6 Å². The zero-order valence-corrected chi connectivity index (χ0v) is 23.8. The largest absolute Gasteiger partial charge is 0.358 e. The van der Waals surface area contributed by atoms with E-state index in [-0.39, 0.29) is 32.2 Å². The number of allylic oxidation sites excluding steroid dienone is 4. The predicted octanol–water partition coefficient (Wildman–Crippen LogP) is 8.41. The van der Waals surface area contributed by atoms with Crippen molar-refractivity contribution in [3.8, 4) is 11.1 Å². The first kappa shape index (κ1) is 30.3. The molecule has 0 radical (unpaired) electrons. The Labute approximate surface area is 229 Å². The summed E-state index contributed by atoms with van der Waals surface area (Å²) in [6.07, 6.45) is 20.4. The van der Waals surface area contributed by atoms with Gasteiger partial charge in [-0.15, -0.1) is 36.8 Å². The monoisotopic (exact) mass is 556 g/mol. The average Bonchev–Trinajstić information content (AvgIpc) is 3.46. The van der Waals surface area contributed by atoms with Gasteiger partial charge in [0.2, 0.25) is 0 Å². The number of benzene rings is 2. The van der Waals surface area contributed by atoms with E-state index in [9.17, 15) is 0 Å². The summed E-state index contributed by atoms with van der Waals surface area (Å²) in [6.45, 7) is 0. The topological polar surface area (TPSA) is 0 Å². The van der Waals surface area contributed by atoms with Crippen LogP contribution in [-0.2, 0) is 30.7 Å². The van der Waals surface area contributed by atoms with Gasteiger partial charge in [-0.1, -0.05) is 72.4 Å². The van der Waals surface area contributed by atoms with Crippen molar-refractivity contribution in [1.82, 2.24) is 0 Å². The second kappa shape index (κ2) is 15.3. The molecule has 2 aromatic carbocycles. The van der Waals surface area contributed by atoms with Crippen molar-refractivity contribution >= 4 is 29.0 Å². The summed E-state index contributed by atoms with van der Waals surface area (Å²) >= 11 is 1.30. The molecule has 0 spiro atoms. The normalized spacial score (nSPS) is 23.4. The number of halogens is 2. The van der Waals surface area contributed by atoms with Gasteiger partial charge in [0.1, 0.15) is 0 Å². The van der Waals surface area contributed by atoms with Crippen molar-refractivity contribution in [2.24, 2.45) is 17.8 Å². The van der Waals surface area contributed by atoms with E-state index in [1.54, 1.807) is 19.3 Å². The molecule has 8 rings (SSSR count). The zero-order valence-electron chi connectivity index (χ0n) is 19.7. The molecular formula is C30H36Cl2Zr-4. The minimum absolute atomic E-state index is 0. The molecule has 0 aliphatic heterocycles. The quantitative estimate of drug-likeness (QED) is 0.243. The molecule has 178 valence electrons. The van der Waals surface area contributed by atoms with Gasteiger partial charge < -0.3 is 13.3 Å². The van der Waals surface area contributed by atoms with E-state index in [2.05, 4.69) is 58.8 Å². The maximum Gasteiger partial charge on any atom is -0.0253 e. The van der Waals surface area contributed by atoms with Crippen molar-refractivity contribution in [1.29, 1.82) is 0 Å². The molecule has 0 amide bonds. The Balaban J connectivity index is 0.000000245. The fourth-order valence-electron chi connectivity index (χ4n) is 6.02. The van der Waals surface area contributed by atoms with Crippen LogP contribution in [0.25, 0.3) is 11.1 Å². The number of hydrogen-bond donors (Lipinski definition) is 0. The van der Waals surface area contributed by atoms with E-state index in [0.29, 0.717) is 0 Å². The Morgan fingerprint density at radius 2 is 1.45 bits per heavy atom. The third-order valence-corrected chi connectivity index (χ3v) is 6.93. The van der Waals surface area contributed by atoms with Gasteiger partial charge in [0.05, 0.1) is 0 Å². The first-order chi connectivity index (χ1) is 14.8. The second-order valence-corrected chi connectivity index (χ2v) is 9.07. The summed E-state index contributed by atoms with van der Waals surface area (Å²) in [5.41, 5.74) is 5.51. The molecule has 6 aliphatic rings. The first-order valence-electron chi connectivity index (χ1n) is 11.3. The van der Waals surface area contributed by atoms with Crippen molar-refractivity contribution in [2.75, 3.05) is 0 Å². The van der Waals surface area contributed by atoms with Crippen LogP contribution in [0.15, 0.2) is 60.7 Å². The summed E-state index contributed by atoms with van der Waals surface area (Å²) in [5.74, 6) is 5.35. The molecule has 0 heterocycles. The molecule has 33 heavy (non-hydrogen) atoms. The number of rotatable bonds is 0. The standard InChI is InChI=1S/C13H9.C10H15.C5H5.CH3.CH2.2ClH.Zr/c1-3-7-12-10(5-1)9-11-6-2-4-8-13(11)12;1-7-2-9-4-8(1)5-10(3-7)6-9;1-2-4-5-3-1;;;;;/h1-5,7-8H,9H2;7-9H,1-6H2;1-3H,4H2;1H3;1H2;2*1H;/q4*-1;;;;. The minimum Gasteiger partial charge on any atom is -0.358 e. The average molecular weight is 559 g/mol. The van der Waals surface area contributed by atoms with Gasteiger partial charge in [-0.3, -0.25) is 6.08 Å². The third kappa shape index (κ3) is 7.88. The van der Waals surface area contributed by atoms with Gasteiger partial charge in [-0.25, -0.2) is 12.2 Å². The molecule has 0 nitrogen and oxygen atoms in total. The maximum atomic E-state index is 3.34. The molecule has 0 unspecified atom stereocenters. The van der Waals surface area contributed by atoms with Crippen LogP contribution in [0, 0.1) is 43.2 Å². The predicted molar refractivity (Wildman–Crippen MR) is 145 cm³/mol. The van der Waals surface area contributed by atoms with Crippen LogP contribution in [0.2, 0.25) is 0 Å². The molecule has 0 atom stereocenters. The van der Waals surface area contributed by atoms with Gasteiger partial charge in [0.15, 0.2) is 0 Å². The summed E-state index contributed by atoms with van der Waals surface area (Å²) in [7, 11) is 0. The van der Waals surface area contributed by atoms with Crippen LogP contribution in [0.4, 0.5) is 0 Å². The van der Waals surface area contributed by atoms with Gasteiger partial charge in [-0.05, 0) is 6.42 Å². The van der Waals surface area contributed by atoms with Gasteiger partial charge in [0, 0.05) is 0 Å². The first-order valence-corrected chi connectivity index (χ1v) is 13.1. The second-order valence-electron chi connectivity index (χ2n) is 9.07. The maximum absolute atomic E-state index is 3.34. The molecule has 4 bridgehead atoms. The SMILES string of the molecule is C1[C-]2CC3CC1CC(C2)C3.Cl.Cl.[C-]1=CC=CC1.[CH2]=[Zr].[CH3-].[c-]1cccc2c1Cc1ccccc1-2. The van der Waals surface area contributed by atoms with E-state index in [4.69, 9.17) is 0 Å². The van der Waals surface area contributed by atoms with Crippen molar-refractivity contribution in [3.05, 3.63) is 97.3 Å². The third-order valence-electron chi connectivity index (χ3n) is 6.93. The van der Waals surface area contributed by atoms with Crippen LogP contribution in [0.5, 0.6) is 0 Å². The number of hydrogen-bond acceptors (Lipinski definition) is 0. The van der Waals surface area contributed by atoms with Crippen molar-refractivity contribution < 1.29 is 24.2 Å². The van der Waals surface area contributed by atoms with E-state index in [1.165, 1.54) is 65.8 Å². The fraction of sp³-hybridized carbons (Fsp3) is 0.367. The zero-order chi connectivity index (χ0) is 20.8. The van der Waals surface area contributed by atoms with E-state index in [1.807, 2.05) is 24.1 Å². The molecule has 2 aromatic rings. The minimum atomic E-state index is 0. The Bertz CT molecular complexity index is 792. The molecule has 0 saturated heterocycles. The molecule has 6 aliphatic carbocycles. The summed E-state index contributed by atoms with van der Waals surface area (Å²) in [6, 6.07) is 18.1. The van der Waals surface area contributed by atoms with Gasteiger partial charge in [-0.2, -0.15) is 55.2 Å². The summed E-state index contributed by atoms with van der Waals surface area (Å²) in [5, 5.41) is 0. The van der Waals surface area contributed by atoms with Crippen LogP contribution in [-0.4, -0.2) is 4.21 Å². The summed E-state index contributed by atoms with van der Waals surface area (Å²) < 4.78 is 3.34. The Morgan fingerprint density at radius 1 is 0.848 bits per heavy atom. The van der Waals surface area contributed by atoms with Crippen LogP contribution in [0.1, 0.15) is 56.1 Å².